The lowest BCUT2D eigenvalue weighted by Gasteiger charge is -2.59. The van der Waals surface area contributed by atoms with Gasteiger partial charge in [-0.3, -0.25) is 4.98 Å². The first kappa shape index (κ1) is 23.5. The number of carbonyl (C=O) groups excluding carboxylic acids is 1. The van der Waals surface area contributed by atoms with Gasteiger partial charge in [0.2, 0.25) is 0 Å². The number of aromatic nitrogens is 1. The lowest BCUT2D eigenvalue weighted by molar-refractivity contribution is -0.116. The average molecular weight is 439 g/mol. The molecule has 0 amide bonds. The van der Waals surface area contributed by atoms with Crippen molar-refractivity contribution in [3.8, 4) is 5.75 Å². The maximum atomic E-state index is 11.5. The van der Waals surface area contributed by atoms with Crippen LogP contribution in [0.1, 0.15) is 71.3 Å². The van der Waals surface area contributed by atoms with Gasteiger partial charge in [-0.15, -0.1) is 0 Å². The molecule has 2 saturated carbocycles. The molecule has 0 N–H and O–H groups in total. The van der Waals surface area contributed by atoms with Crippen molar-refractivity contribution in [2.45, 2.75) is 65.7 Å². The second-order valence-electron chi connectivity index (χ2n) is 11.3. The number of hydrogen-bond donors (Lipinski definition) is 0. The van der Waals surface area contributed by atoms with Gasteiger partial charge in [0.05, 0.1) is 12.8 Å². The third-order valence-corrected chi connectivity index (χ3v) is 9.46. The van der Waals surface area contributed by atoms with Crippen molar-refractivity contribution in [1.29, 1.82) is 0 Å². The first-order valence-electron chi connectivity index (χ1n) is 12.7. The fraction of sp³-hybridized carbons (Fsp3) is 0.714. The summed E-state index contributed by atoms with van der Waals surface area (Å²) in [5, 5.41) is 0. The molecule has 0 radical (unpaired) electrons. The summed E-state index contributed by atoms with van der Waals surface area (Å²) in [5.41, 5.74) is 3.20. The lowest BCUT2D eigenvalue weighted by atomic mass is 9.46. The van der Waals surface area contributed by atoms with Crippen molar-refractivity contribution in [2.24, 2.45) is 34.5 Å². The van der Waals surface area contributed by atoms with E-state index >= 15 is 0 Å². The summed E-state index contributed by atoms with van der Waals surface area (Å²) < 4.78 is 5.75. The quantitative estimate of drug-likeness (QED) is 0.476. The van der Waals surface area contributed by atoms with E-state index in [0.717, 1.165) is 30.6 Å². The predicted molar refractivity (Wildman–Crippen MR) is 130 cm³/mol. The molecule has 3 aliphatic rings. The molecule has 6 atom stereocenters. The Morgan fingerprint density at radius 3 is 2.72 bits per heavy atom. The molecule has 4 rings (SSSR count). The van der Waals surface area contributed by atoms with Gasteiger partial charge in [-0.2, -0.15) is 0 Å². The van der Waals surface area contributed by atoms with Gasteiger partial charge < -0.3 is 14.4 Å². The van der Waals surface area contributed by atoms with Crippen molar-refractivity contribution >= 4 is 11.9 Å². The maximum absolute atomic E-state index is 11.5. The van der Waals surface area contributed by atoms with E-state index in [1.54, 1.807) is 0 Å². The largest absolute Gasteiger partial charge is 0.492 e. The molecule has 1 aromatic heterocycles. The average Bonchev–Trinajstić information content (AvgIpc) is 3.12. The van der Waals surface area contributed by atoms with E-state index in [1.165, 1.54) is 55.9 Å². The van der Waals surface area contributed by atoms with Gasteiger partial charge in [0.15, 0.2) is 0 Å². The number of aldehydes is 1. The van der Waals surface area contributed by atoms with Crippen LogP contribution >= 0.6 is 0 Å². The summed E-state index contributed by atoms with van der Waals surface area (Å²) >= 11 is 0. The molecule has 5 unspecified atom stereocenters. The van der Waals surface area contributed by atoms with Crippen LogP contribution in [0.3, 0.4) is 0 Å². The minimum Gasteiger partial charge on any atom is -0.492 e. The molecule has 2 fully saturated rings. The zero-order valence-corrected chi connectivity index (χ0v) is 20.8. The molecule has 0 aliphatic heterocycles. The molecule has 1 aromatic rings. The zero-order chi connectivity index (χ0) is 22.9. The number of fused-ring (bicyclic) bond motifs is 3. The van der Waals surface area contributed by atoms with Crippen LogP contribution in [0.2, 0.25) is 0 Å². The third-order valence-electron chi connectivity index (χ3n) is 9.46. The summed E-state index contributed by atoms with van der Waals surface area (Å²) in [5.74, 6) is 3.58. The van der Waals surface area contributed by atoms with Gasteiger partial charge >= 0.3 is 0 Å². The van der Waals surface area contributed by atoms with Gasteiger partial charge in [-0.25, -0.2) is 0 Å². The number of nitrogens with zero attached hydrogens (tertiary/aromatic N) is 2. The number of ether oxygens (including phenoxy) is 1. The van der Waals surface area contributed by atoms with E-state index in [4.69, 9.17) is 4.74 Å². The van der Waals surface area contributed by atoms with E-state index in [9.17, 15) is 4.79 Å². The first-order chi connectivity index (χ1) is 15.3. The molecule has 3 aliphatic carbocycles. The van der Waals surface area contributed by atoms with Gasteiger partial charge in [0.1, 0.15) is 12.0 Å². The predicted octanol–water partition coefficient (Wildman–Crippen LogP) is 5.87. The summed E-state index contributed by atoms with van der Waals surface area (Å²) in [4.78, 5) is 18.3. The van der Waals surface area contributed by atoms with Crippen molar-refractivity contribution < 1.29 is 9.53 Å². The highest BCUT2D eigenvalue weighted by Gasteiger charge is 2.57. The van der Waals surface area contributed by atoms with Crippen molar-refractivity contribution in [1.82, 2.24) is 9.88 Å². The Kier molecular flexibility index (Phi) is 6.81. The number of pyridine rings is 1. The SMILES string of the molecule is CCOc1cncc(C2=CC[C@H]3C4CCC(CC=O)C(C)(CCN(C)C)C4CCC23C)c1. The van der Waals surface area contributed by atoms with Gasteiger partial charge in [-0.05, 0) is 118 Å². The monoisotopic (exact) mass is 438 g/mol. The van der Waals surface area contributed by atoms with Gasteiger partial charge in [-0.1, -0.05) is 19.9 Å². The molecule has 0 bridgehead atoms. The highest BCUT2D eigenvalue weighted by molar-refractivity contribution is 5.73. The number of allylic oxidation sites excluding steroid dienone is 2. The Bertz CT molecular complexity index is 850. The summed E-state index contributed by atoms with van der Waals surface area (Å²) in [6, 6.07) is 2.18. The molecule has 0 spiro atoms. The third kappa shape index (κ3) is 4.04. The second kappa shape index (κ2) is 9.29. The smallest absolute Gasteiger partial charge is 0.138 e. The topological polar surface area (TPSA) is 42.4 Å². The number of carbonyl (C=O) groups is 1. The van der Waals surface area contributed by atoms with Crippen LogP contribution in [-0.4, -0.2) is 43.4 Å². The molecule has 1 heterocycles. The van der Waals surface area contributed by atoms with E-state index in [1.807, 2.05) is 19.3 Å². The molecule has 0 aromatic carbocycles. The first-order valence-corrected chi connectivity index (χ1v) is 12.7. The van der Waals surface area contributed by atoms with Crippen LogP contribution in [0.4, 0.5) is 0 Å². The molecule has 0 saturated heterocycles. The van der Waals surface area contributed by atoms with Gasteiger partial charge in [0.25, 0.3) is 0 Å². The highest BCUT2D eigenvalue weighted by atomic mass is 16.5. The summed E-state index contributed by atoms with van der Waals surface area (Å²) in [7, 11) is 4.35. The molecule has 4 heteroatoms. The van der Waals surface area contributed by atoms with Crippen LogP contribution in [0.15, 0.2) is 24.5 Å². The maximum Gasteiger partial charge on any atom is 0.138 e. The Balaban J connectivity index is 1.60. The van der Waals surface area contributed by atoms with E-state index in [0.29, 0.717) is 18.4 Å². The second-order valence-corrected chi connectivity index (χ2v) is 11.3. The van der Waals surface area contributed by atoms with E-state index < -0.39 is 0 Å². The number of hydrogen-bond acceptors (Lipinski definition) is 4. The summed E-state index contributed by atoms with van der Waals surface area (Å²) in [6.45, 7) is 8.82. The number of rotatable bonds is 8. The minimum atomic E-state index is 0.216. The van der Waals surface area contributed by atoms with Crippen LogP contribution in [-0.2, 0) is 4.79 Å². The van der Waals surface area contributed by atoms with Crippen LogP contribution < -0.4 is 4.74 Å². The Labute approximate surface area is 194 Å². The Morgan fingerprint density at radius 2 is 2.00 bits per heavy atom. The zero-order valence-electron chi connectivity index (χ0n) is 20.8. The fourth-order valence-electron chi connectivity index (χ4n) is 7.72. The molecule has 176 valence electrons. The van der Waals surface area contributed by atoms with E-state index in [2.05, 4.69) is 50.0 Å². The van der Waals surface area contributed by atoms with Crippen LogP contribution in [0.5, 0.6) is 5.75 Å². The standard InChI is InChI=1S/C28H42N2O2/c1-6-32-22-17-20(18-29-19-22)24-9-10-25-23-8-7-21(12-16-31)27(2,14-15-30(4)5)26(23)11-13-28(24,25)3/h9,16-19,21,23,25-26H,6-8,10-15H2,1-5H3/t21?,23?,25-,26?,27?,28?/m0/s1. The normalized spacial score (nSPS) is 36.4. The van der Waals surface area contributed by atoms with Crippen LogP contribution in [0.25, 0.3) is 5.57 Å². The highest BCUT2D eigenvalue weighted by Crippen LogP contribution is 2.66. The van der Waals surface area contributed by atoms with Gasteiger partial charge in [0, 0.05) is 12.6 Å². The Hall–Kier alpha value is -1.68. The van der Waals surface area contributed by atoms with Crippen LogP contribution in [0, 0.1) is 34.5 Å². The van der Waals surface area contributed by atoms with Crippen molar-refractivity contribution in [3.63, 3.8) is 0 Å². The van der Waals surface area contributed by atoms with Crippen molar-refractivity contribution in [2.75, 3.05) is 27.2 Å². The molecular weight excluding hydrogens is 396 g/mol. The molecule has 32 heavy (non-hydrogen) atoms. The summed E-state index contributed by atoms with van der Waals surface area (Å²) in [6.07, 6.45) is 15.6. The molecular formula is C28H42N2O2. The fourth-order valence-corrected chi connectivity index (χ4v) is 7.72. The van der Waals surface area contributed by atoms with Crippen molar-refractivity contribution in [3.05, 3.63) is 30.1 Å². The van der Waals surface area contributed by atoms with E-state index in [-0.39, 0.29) is 10.8 Å². The minimum absolute atomic E-state index is 0.216. The molecule has 4 nitrogen and oxygen atoms in total. The Morgan fingerprint density at radius 1 is 1.19 bits per heavy atom. The lowest BCUT2D eigenvalue weighted by Crippen LogP contribution is -2.52.